The molecule has 1 aliphatic rings. The van der Waals surface area contributed by atoms with Crippen molar-refractivity contribution in [1.29, 1.82) is 0 Å². The highest BCUT2D eigenvalue weighted by molar-refractivity contribution is 5.41. The first-order chi connectivity index (χ1) is 14.4. The molecule has 0 heterocycles. The van der Waals surface area contributed by atoms with Crippen LogP contribution in [0.25, 0.3) is 0 Å². The topological polar surface area (TPSA) is 0 Å². The van der Waals surface area contributed by atoms with Gasteiger partial charge in [-0.3, -0.25) is 0 Å². The Bertz CT molecular complexity index is 684. The monoisotopic (exact) mass is 424 g/mol. The molecular weight excluding hydrogens is 388 g/mol. The van der Waals surface area contributed by atoms with Crippen molar-refractivity contribution in [2.75, 3.05) is 0 Å². The minimum Gasteiger partial charge on any atom is -0.207 e. The lowest BCUT2D eigenvalue weighted by Gasteiger charge is -2.27. The van der Waals surface area contributed by atoms with Crippen LogP contribution >= 0.6 is 0 Å². The van der Waals surface area contributed by atoms with Gasteiger partial charge in [-0.25, -0.2) is 17.6 Å². The lowest BCUT2D eigenvalue weighted by Crippen LogP contribution is -2.14. The molecule has 0 amide bonds. The van der Waals surface area contributed by atoms with Crippen molar-refractivity contribution in [3.05, 3.63) is 71.4 Å². The van der Waals surface area contributed by atoms with E-state index in [1.54, 1.807) is 6.08 Å². The molecule has 0 N–H and O–H groups in total. The van der Waals surface area contributed by atoms with Crippen molar-refractivity contribution in [3.8, 4) is 0 Å². The number of hydrogen-bond donors (Lipinski definition) is 0. The van der Waals surface area contributed by atoms with E-state index < -0.39 is 23.3 Å². The average molecular weight is 425 g/mol. The van der Waals surface area contributed by atoms with E-state index in [4.69, 9.17) is 0 Å². The highest BCUT2D eigenvalue weighted by atomic mass is 19.2. The van der Waals surface area contributed by atoms with Crippen molar-refractivity contribution in [2.24, 2.45) is 11.8 Å². The van der Waals surface area contributed by atoms with Gasteiger partial charge in [0.15, 0.2) is 17.5 Å². The van der Waals surface area contributed by atoms with E-state index in [0.29, 0.717) is 5.92 Å². The zero-order valence-electron chi connectivity index (χ0n) is 18.6. The Morgan fingerprint density at radius 3 is 2.07 bits per heavy atom. The fourth-order valence-corrected chi connectivity index (χ4v) is 3.74. The van der Waals surface area contributed by atoms with Gasteiger partial charge in [-0.1, -0.05) is 69.8 Å². The van der Waals surface area contributed by atoms with Crippen LogP contribution in [-0.4, -0.2) is 0 Å². The summed E-state index contributed by atoms with van der Waals surface area (Å²) in [7, 11) is 0. The lowest BCUT2D eigenvalue weighted by atomic mass is 9.78. The maximum absolute atomic E-state index is 14.0. The molecule has 4 heteroatoms. The molecular formula is C26H36F4. The summed E-state index contributed by atoms with van der Waals surface area (Å²) in [4.78, 5) is 0. The number of halogens is 4. The lowest BCUT2D eigenvalue weighted by molar-refractivity contribution is 0.260. The number of allylic oxidation sites excluding steroid dienone is 12. The highest BCUT2D eigenvalue weighted by Crippen LogP contribution is 2.33. The summed E-state index contributed by atoms with van der Waals surface area (Å²) in [6.07, 6.45) is 20.5. The predicted octanol–water partition coefficient (Wildman–Crippen LogP) is 9.70. The molecule has 0 aliphatic heterocycles. The summed E-state index contributed by atoms with van der Waals surface area (Å²) in [6.45, 7) is 5.02. The maximum Gasteiger partial charge on any atom is 0.194 e. The first-order valence-corrected chi connectivity index (χ1v) is 11.2. The average Bonchev–Trinajstić information content (AvgIpc) is 2.77. The molecule has 1 rings (SSSR count). The van der Waals surface area contributed by atoms with Crippen LogP contribution in [-0.2, 0) is 0 Å². The summed E-state index contributed by atoms with van der Waals surface area (Å²) in [5.41, 5.74) is 0.109. The van der Waals surface area contributed by atoms with E-state index in [1.807, 2.05) is 6.08 Å². The first kappa shape index (κ1) is 26.2. The van der Waals surface area contributed by atoms with E-state index in [9.17, 15) is 17.6 Å². The largest absolute Gasteiger partial charge is 0.207 e. The van der Waals surface area contributed by atoms with Gasteiger partial charge in [0.1, 0.15) is 5.83 Å². The summed E-state index contributed by atoms with van der Waals surface area (Å²) in [5.74, 6) is -3.28. The molecule has 0 spiro atoms. The van der Waals surface area contributed by atoms with Gasteiger partial charge in [0.25, 0.3) is 0 Å². The molecule has 0 unspecified atom stereocenters. The Labute approximate surface area is 179 Å². The fraction of sp³-hybridized carbons (Fsp3) is 0.538. The molecule has 0 aromatic carbocycles. The van der Waals surface area contributed by atoms with E-state index in [1.165, 1.54) is 77.4 Å². The Balaban J connectivity index is 2.63. The fourth-order valence-electron chi connectivity index (χ4n) is 3.74. The van der Waals surface area contributed by atoms with Gasteiger partial charge in [0.05, 0.1) is 0 Å². The van der Waals surface area contributed by atoms with Gasteiger partial charge >= 0.3 is 0 Å². The number of unbranched alkanes of at least 4 members (excludes halogenated alkanes) is 2. The van der Waals surface area contributed by atoms with Crippen LogP contribution in [0.1, 0.15) is 78.6 Å². The van der Waals surface area contributed by atoms with Gasteiger partial charge in [0, 0.05) is 5.57 Å². The smallest absolute Gasteiger partial charge is 0.194 e. The molecule has 0 aromatic rings. The molecule has 0 bridgehead atoms. The van der Waals surface area contributed by atoms with Gasteiger partial charge in [-0.15, -0.1) is 0 Å². The Morgan fingerprint density at radius 2 is 1.47 bits per heavy atom. The van der Waals surface area contributed by atoms with Crippen molar-refractivity contribution < 1.29 is 17.6 Å². The van der Waals surface area contributed by atoms with Crippen molar-refractivity contribution in [2.45, 2.75) is 78.6 Å². The third kappa shape index (κ3) is 9.77. The van der Waals surface area contributed by atoms with E-state index in [2.05, 4.69) is 6.92 Å². The molecule has 1 fully saturated rings. The molecule has 30 heavy (non-hydrogen) atoms. The quantitative estimate of drug-likeness (QED) is 0.176. The molecule has 0 saturated heterocycles. The summed E-state index contributed by atoms with van der Waals surface area (Å²) in [5, 5.41) is 0. The first-order valence-electron chi connectivity index (χ1n) is 11.2. The molecule has 0 atom stereocenters. The predicted molar refractivity (Wildman–Crippen MR) is 120 cm³/mol. The highest BCUT2D eigenvalue weighted by Gasteiger charge is 2.19. The third-order valence-corrected chi connectivity index (χ3v) is 5.67. The van der Waals surface area contributed by atoms with Crippen LogP contribution in [0.4, 0.5) is 17.6 Å². The second-order valence-corrected chi connectivity index (χ2v) is 7.94. The van der Waals surface area contributed by atoms with Crippen LogP contribution in [0.2, 0.25) is 0 Å². The molecule has 1 aliphatic carbocycles. The Morgan fingerprint density at radius 1 is 0.833 bits per heavy atom. The van der Waals surface area contributed by atoms with Crippen LogP contribution in [0.15, 0.2) is 71.4 Å². The second kappa shape index (κ2) is 15.0. The zero-order valence-corrected chi connectivity index (χ0v) is 18.6. The van der Waals surface area contributed by atoms with E-state index in [0.717, 1.165) is 30.6 Å². The molecule has 0 aromatic heterocycles. The Hall–Kier alpha value is -1.84. The normalized spacial score (nSPS) is 22.8. The molecule has 168 valence electrons. The van der Waals surface area contributed by atoms with Crippen LogP contribution in [0.5, 0.6) is 0 Å². The number of rotatable bonds is 11. The standard InChI is InChI=1S/C26H36F4/c1-4-7-8-11-20-14-16-21(17-15-20)12-9-10-13-22(23(27)5-2)18-19-25(29)26(30)24(28)6-3/h5-6,9-10,13,18-21H,4,7-8,11-12,14-17H2,1-3H3/b10-9-,19-18+,22-13-,23-5+,24-6+,26-25-. The SMILES string of the molecule is C\C=C(F)/C(=C\C=C/CC1CCC(CCCCC)CC1)/C=C/C(F)=C(F)\C(F)=C/C. The zero-order chi connectivity index (χ0) is 22.4. The van der Waals surface area contributed by atoms with Crippen molar-refractivity contribution >= 4 is 0 Å². The van der Waals surface area contributed by atoms with E-state index in [-0.39, 0.29) is 5.57 Å². The van der Waals surface area contributed by atoms with Gasteiger partial charge in [0.2, 0.25) is 0 Å². The third-order valence-electron chi connectivity index (χ3n) is 5.67. The molecule has 1 saturated carbocycles. The maximum atomic E-state index is 14.0. The second-order valence-electron chi connectivity index (χ2n) is 7.94. The van der Waals surface area contributed by atoms with Gasteiger partial charge < -0.3 is 0 Å². The molecule has 0 nitrogen and oxygen atoms in total. The summed E-state index contributed by atoms with van der Waals surface area (Å²) >= 11 is 0. The van der Waals surface area contributed by atoms with Crippen LogP contribution in [0, 0.1) is 11.8 Å². The minimum atomic E-state index is -1.59. The molecule has 0 radical (unpaired) electrons. The van der Waals surface area contributed by atoms with Crippen LogP contribution < -0.4 is 0 Å². The number of hydrogen-bond acceptors (Lipinski definition) is 0. The van der Waals surface area contributed by atoms with Crippen LogP contribution in [0.3, 0.4) is 0 Å². The Kier molecular flexibility index (Phi) is 13.1. The minimum absolute atomic E-state index is 0.109. The summed E-state index contributed by atoms with van der Waals surface area (Å²) < 4.78 is 54.2. The van der Waals surface area contributed by atoms with Crippen molar-refractivity contribution in [3.63, 3.8) is 0 Å². The van der Waals surface area contributed by atoms with Gasteiger partial charge in [-0.2, -0.15) is 0 Å². The van der Waals surface area contributed by atoms with Crippen molar-refractivity contribution in [1.82, 2.24) is 0 Å². The van der Waals surface area contributed by atoms with E-state index >= 15 is 0 Å². The summed E-state index contributed by atoms with van der Waals surface area (Å²) in [6, 6.07) is 0. The van der Waals surface area contributed by atoms with Gasteiger partial charge in [-0.05, 0) is 63.2 Å².